The Kier molecular flexibility index (Phi) is 4.78. The third-order valence-corrected chi connectivity index (χ3v) is 1.91. The van der Waals surface area contributed by atoms with Crippen LogP contribution in [-0.4, -0.2) is 38.8 Å². The summed E-state index contributed by atoms with van der Waals surface area (Å²) in [6, 6.07) is 0.463. The van der Waals surface area contributed by atoms with Crippen molar-refractivity contribution in [2.45, 2.75) is 25.3 Å². The summed E-state index contributed by atoms with van der Waals surface area (Å²) >= 11 is 0. The molecule has 0 aromatic carbocycles. The van der Waals surface area contributed by atoms with E-state index in [-0.39, 0.29) is 5.91 Å². The van der Waals surface area contributed by atoms with E-state index in [4.69, 9.17) is 4.74 Å². The average molecular weight is 186 g/mol. The molecule has 1 rings (SSSR count). The third-order valence-electron chi connectivity index (χ3n) is 1.91. The van der Waals surface area contributed by atoms with E-state index in [1.807, 2.05) is 7.05 Å². The van der Waals surface area contributed by atoms with Crippen molar-refractivity contribution in [1.82, 2.24) is 10.6 Å². The Morgan fingerprint density at radius 1 is 1.46 bits per heavy atom. The molecular weight excluding hydrogens is 168 g/mol. The number of hydrogen-bond acceptors (Lipinski definition) is 3. The van der Waals surface area contributed by atoms with Gasteiger partial charge in [0.15, 0.2) is 0 Å². The molecule has 0 bridgehead atoms. The average Bonchev–Trinajstić information content (AvgIpc) is 2.88. The van der Waals surface area contributed by atoms with Gasteiger partial charge < -0.3 is 15.4 Å². The van der Waals surface area contributed by atoms with Crippen molar-refractivity contribution in [3.8, 4) is 0 Å². The van der Waals surface area contributed by atoms with E-state index in [2.05, 4.69) is 10.6 Å². The Hall–Kier alpha value is -0.610. The molecule has 0 unspecified atom stereocenters. The quantitative estimate of drug-likeness (QED) is 0.545. The molecule has 2 N–H and O–H groups in total. The Labute approximate surface area is 79.0 Å². The van der Waals surface area contributed by atoms with Crippen molar-refractivity contribution in [3.63, 3.8) is 0 Å². The number of amides is 1. The molecule has 4 heteroatoms. The van der Waals surface area contributed by atoms with E-state index < -0.39 is 0 Å². The molecule has 0 heterocycles. The van der Waals surface area contributed by atoms with Crippen molar-refractivity contribution >= 4 is 5.91 Å². The summed E-state index contributed by atoms with van der Waals surface area (Å²) in [6.07, 6.45) is 2.78. The SMILES string of the molecule is CNCCOCCC(=O)NC1CC1. The van der Waals surface area contributed by atoms with E-state index in [1.165, 1.54) is 0 Å². The van der Waals surface area contributed by atoms with Gasteiger partial charge in [-0.05, 0) is 19.9 Å². The van der Waals surface area contributed by atoms with Gasteiger partial charge in [-0.25, -0.2) is 0 Å². The molecule has 1 aliphatic rings. The maximum Gasteiger partial charge on any atom is 0.222 e. The summed E-state index contributed by atoms with van der Waals surface area (Å²) in [4.78, 5) is 11.1. The van der Waals surface area contributed by atoms with Gasteiger partial charge in [0, 0.05) is 19.0 Å². The van der Waals surface area contributed by atoms with Crippen LogP contribution in [0.1, 0.15) is 19.3 Å². The molecule has 0 aromatic heterocycles. The van der Waals surface area contributed by atoms with Crippen molar-refractivity contribution in [3.05, 3.63) is 0 Å². The van der Waals surface area contributed by atoms with Crippen molar-refractivity contribution < 1.29 is 9.53 Å². The monoisotopic (exact) mass is 186 g/mol. The van der Waals surface area contributed by atoms with Crippen LogP contribution >= 0.6 is 0 Å². The topological polar surface area (TPSA) is 50.4 Å². The molecule has 0 spiro atoms. The second kappa shape index (κ2) is 5.94. The standard InChI is InChI=1S/C9H18N2O2/c1-10-5-7-13-6-4-9(12)11-8-2-3-8/h8,10H,2-7H2,1H3,(H,11,12). The second-order valence-electron chi connectivity index (χ2n) is 3.31. The van der Waals surface area contributed by atoms with Crippen LogP contribution in [-0.2, 0) is 9.53 Å². The summed E-state index contributed by atoms with van der Waals surface area (Å²) in [6.45, 7) is 2.04. The number of rotatable bonds is 7. The van der Waals surface area contributed by atoms with Crippen molar-refractivity contribution in [2.24, 2.45) is 0 Å². The lowest BCUT2D eigenvalue weighted by atomic mass is 10.4. The number of hydrogen-bond donors (Lipinski definition) is 2. The van der Waals surface area contributed by atoms with Gasteiger partial charge in [0.1, 0.15) is 0 Å². The van der Waals surface area contributed by atoms with E-state index in [0.29, 0.717) is 25.7 Å². The van der Waals surface area contributed by atoms with Gasteiger partial charge in [0.25, 0.3) is 0 Å². The minimum absolute atomic E-state index is 0.118. The summed E-state index contributed by atoms with van der Waals surface area (Å²) in [5.41, 5.74) is 0. The van der Waals surface area contributed by atoms with Gasteiger partial charge in [-0.15, -0.1) is 0 Å². The van der Waals surface area contributed by atoms with Gasteiger partial charge in [0.05, 0.1) is 13.2 Å². The molecule has 1 aliphatic carbocycles. The van der Waals surface area contributed by atoms with Gasteiger partial charge in [-0.2, -0.15) is 0 Å². The highest BCUT2D eigenvalue weighted by molar-refractivity contribution is 5.76. The van der Waals surface area contributed by atoms with Crippen LogP contribution < -0.4 is 10.6 Å². The fourth-order valence-corrected chi connectivity index (χ4v) is 0.969. The Balaban J connectivity index is 1.83. The largest absolute Gasteiger partial charge is 0.380 e. The van der Waals surface area contributed by atoms with E-state index >= 15 is 0 Å². The first-order valence-electron chi connectivity index (χ1n) is 4.84. The maximum atomic E-state index is 11.1. The summed E-state index contributed by atoms with van der Waals surface area (Å²) in [5, 5.41) is 5.88. The smallest absolute Gasteiger partial charge is 0.222 e. The number of ether oxygens (including phenoxy) is 1. The second-order valence-corrected chi connectivity index (χ2v) is 3.31. The highest BCUT2D eigenvalue weighted by Crippen LogP contribution is 2.18. The van der Waals surface area contributed by atoms with Gasteiger partial charge in [-0.1, -0.05) is 0 Å². The van der Waals surface area contributed by atoms with E-state index in [1.54, 1.807) is 0 Å². The highest BCUT2D eigenvalue weighted by Gasteiger charge is 2.22. The Morgan fingerprint density at radius 3 is 2.85 bits per heavy atom. The zero-order valence-corrected chi connectivity index (χ0v) is 8.14. The molecule has 4 nitrogen and oxygen atoms in total. The molecule has 0 atom stereocenters. The predicted octanol–water partition coefficient (Wildman–Crippen LogP) is -0.109. The Bertz CT molecular complexity index is 158. The van der Waals surface area contributed by atoms with Crippen LogP contribution in [0.2, 0.25) is 0 Å². The maximum absolute atomic E-state index is 11.1. The van der Waals surface area contributed by atoms with Gasteiger partial charge in [0.2, 0.25) is 5.91 Å². The molecule has 0 saturated heterocycles. The Morgan fingerprint density at radius 2 is 2.23 bits per heavy atom. The molecule has 13 heavy (non-hydrogen) atoms. The number of carbonyl (C=O) groups is 1. The lowest BCUT2D eigenvalue weighted by molar-refractivity contribution is -0.122. The molecule has 0 radical (unpaired) electrons. The fraction of sp³-hybridized carbons (Fsp3) is 0.889. The van der Waals surface area contributed by atoms with Crippen LogP contribution in [0.4, 0.5) is 0 Å². The molecule has 76 valence electrons. The first kappa shape index (κ1) is 10.5. The van der Waals surface area contributed by atoms with E-state index in [9.17, 15) is 4.79 Å². The van der Waals surface area contributed by atoms with Gasteiger partial charge >= 0.3 is 0 Å². The van der Waals surface area contributed by atoms with Gasteiger partial charge in [-0.3, -0.25) is 4.79 Å². The fourth-order valence-electron chi connectivity index (χ4n) is 0.969. The third kappa shape index (κ3) is 5.60. The van der Waals surface area contributed by atoms with Crippen LogP contribution in [0.15, 0.2) is 0 Å². The normalized spacial score (nSPS) is 15.8. The number of likely N-dealkylation sites (N-methyl/N-ethyl adjacent to an activating group) is 1. The lowest BCUT2D eigenvalue weighted by Crippen LogP contribution is -2.26. The van der Waals surface area contributed by atoms with Crippen LogP contribution in [0.3, 0.4) is 0 Å². The first-order valence-corrected chi connectivity index (χ1v) is 4.84. The van der Waals surface area contributed by atoms with Crippen LogP contribution in [0.5, 0.6) is 0 Å². The highest BCUT2D eigenvalue weighted by atomic mass is 16.5. The molecule has 1 fully saturated rings. The number of carbonyl (C=O) groups excluding carboxylic acids is 1. The summed E-state index contributed by atoms with van der Waals surface area (Å²) in [5.74, 6) is 0.118. The van der Waals surface area contributed by atoms with E-state index in [0.717, 1.165) is 19.4 Å². The zero-order valence-electron chi connectivity index (χ0n) is 8.14. The minimum Gasteiger partial charge on any atom is -0.380 e. The summed E-state index contributed by atoms with van der Waals surface area (Å²) < 4.78 is 5.22. The molecular formula is C9H18N2O2. The lowest BCUT2D eigenvalue weighted by Gasteiger charge is -2.04. The zero-order chi connectivity index (χ0) is 9.52. The molecule has 1 amide bonds. The number of nitrogens with one attached hydrogen (secondary N) is 2. The van der Waals surface area contributed by atoms with Crippen LogP contribution in [0, 0.1) is 0 Å². The summed E-state index contributed by atoms with van der Waals surface area (Å²) in [7, 11) is 1.88. The van der Waals surface area contributed by atoms with Crippen LogP contribution in [0.25, 0.3) is 0 Å². The first-order chi connectivity index (χ1) is 6.33. The predicted molar refractivity (Wildman–Crippen MR) is 50.5 cm³/mol. The van der Waals surface area contributed by atoms with Crippen molar-refractivity contribution in [2.75, 3.05) is 26.8 Å². The molecule has 0 aromatic rings. The van der Waals surface area contributed by atoms with Crippen molar-refractivity contribution in [1.29, 1.82) is 0 Å². The molecule has 1 saturated carbocycles. The molecule has 0 aliphatic heterocycles. The minimum atomic E-state index is 0.118.